The molecule has 0 bridgehead atoms. The van der Waals surface area contributed by atoms with Crippen LogP contribution in [0.4, 0.5) is 5.69 Å². The van der Waals surface area contributed by atoms with E-state index in [0.717, 1.165) is 13.0 Å². The number of rotatable bonds is 3. The molecule has 1 N–H and O–H groups in total. The van der Waals surface area contributed by atoms with Crippen molar-refractivity contribution in [3.8, 4) is 0 Å². The van der Waals surface area contributed by atoms with Gasteiger partial charge < -0.3 is 10.0 Å². The summed E-state index contributed by atoms with van der Waals surface area (Å²) >= 11 is 3.32. The molecule has 2 nitrogen and oxygen atoms in total. The van der Waals surface area contributed by atoms with E-state index in [1.54, 1.807) is 0 Å². The van der Waals surface area contributed by atoms with Crippen molar-refractivity contribution >= 4 is 21.6 Å². The molecule has 0 saturated carbocycles. The molecule has 88 valence electrons. The van der Waals surface area contributed by atoms with Gasteiger partial charge in [0.2, 0.25) is 0 Å². The highest BCUT2D eigenvalue weighted by Gasteiger charge is 2.22. The molecule has 0 radical (unpaired) electrons. The summed E-state index contributed by atoms with van der Waals surface area (Å²) in [5, 5.41) is 10.4. The van der Waals surface area contributed by atoms with Gasteiger partial charge in [-0.25, -0.2) is 0 Å². The highest BCUT2D eigenvalue weighted by atomic mass is 79.9. The number of alkyl halides is 1. The molecule has 3 heteroatoms. The number of aliphatic hydroxyl groups is 1. The predicted octanol–water partition coefficient (Wildman–Crippen LogP) is 2.44. The van der Waals surface area contributed by atoms with Gasteiger partial charge in [0.1, 0.15) is 0 Å². The standard InChI is InChI=1S/C13H18BrNO/c1-10-6-11-4-2-3-5-13(11)15(8-10)9-12(16)7-14/h2-5,10,12,16H,6-9H2,1H3. The van der Waals surface area contributed by atoms with Gasteiger partial charge in [0.05, 0.1) is 6.10 Å². The Balaban J connectivity index is 2.20. The van der Waals surface area contributed by atoms with Crippen LogP contribution in [0.5, 0.6) is 0 Å². The Hall–Kier alpha value is -0.540. The topological polar surface area (TPSA) is 23.5 Å². The largest absolute Gasteiger partial charge is 0.390 e. The van der Waals surface area contributed by atoms with Crippen molar-refractivity contribution in [3.63, 3.8) is 0 Å². The number of nitrogens with zero attached hydrogens (tertiary/aromatic N) is 1. The fourth-order valence-electron chi connectivity index (χ4n) is 2.38. The third-order valence-corrected chi connectivity index (χ3v) is 3.79. The molecule has 0 amide bonds. The zero-order chi connectivity index (χ0) is 11.5. The lowest BCUT2D eigenvalue weighted by atomic mass is 9.94. The first-order valence-electron chi connectivity index (χ1n) is 5.77. The van der Waals surface area contributed by atoms with Gasteiger partial charge in [-0.2, -0.15) is 0 Å². The van der Waals surface area contributed by atoms with Crippen LogP contribution in [0, 0.1) is 5.92 Å². The molecule has 16 heavy (non-hydrogen) atoms. The molecule has 2 rings (SSSR count). The van der Waals surface area contributed by atoms with E-state index in [1.165, 1.54) is 11.3 Å². The molecule has 2 atom stereocenters. The van der Waals surface area contributed by atoms with Crippen molar-refractivity contribution in [2.45, 2.75) is 19.4 Å². The molecule has 1 aliphatic rings. The van der Waals surface area contributed by atoms with Gasteiger partial charge in [-0.15, -0.1) is 0 Å². The second-order valence-electron chi connectivity index (χ2n) is 4.65. The van der Waals surface area contributed by atoms with E-state index in [9.17, 15) is 5.11 Å². The zero-order valence-electron chi connectivity index (χ0n) is 9.56. The van der Waals surface area contributed by atoms with E-state index in [4.69, 9.17) is 0 Å². The maximum atomic E-state index is 9.73. The molecule has 2 unspecified atom stereocenters. The monoisotopic (exact) mass is 283 g/mol. The Labute approximate surface area is 105 Å². The predicted molar refractivity (Wildman–Crippen MR) is 71.3 cm³/mol. The van der Waals surface area contributed by atoms with Gasteiger partial charge in [0.25, 0.3) is 0 Å². The maximum absolute atomic E-state index is 9.73. The van der Waals surface area contributed by atoms with E-state index in [0.29, 0.717) is 17.8 Å². The summed E-state index contributed by atoms with van der Waals surface area (Å²) in [6.45, 7) is 4.02. The molecule has 0 spiro atoms. The molecule has 1 aliphatic heterocycles. The second kappa shape index (κ2) is 5.19. The highest BCUT2D eigenvalue weighted by Crippen LogP contribution is 2.29. The van der Waals surface area contributed by atoms with E-state index in [2.05, 4.69) is 52.0 Å². The first-order valence-corrected chi connectivity index (χ1v) is 6.89. The van der Waals surface area contributed by atoms with Crippen LogP contribution in [0.25, 0.3) is 0 Å². The SMILES string of the molecule is CC1Cc2ccccc2N(CC(O)CBr)C1. The van der Waals surface area contributed by atoms with Gasteiger partial charge in [-0.05, 0) is 24.0 Å². The van der Waals surface area contributed by atoms with Crippen molar-refractivity contribution in [2.24, 2.45) is 5.92 Å². The van der Waals surface area contributed by atoms with Gasteiger partial charge in [-0.3, -0.25) is 0 Å². The second-order valence-corrected chi connectivity index (χ2v) is 5.30. The van der Waals surface area contributed by atoms with E-state index < -0.39 is 0 Å². The Bertz CT molecular complexity index is 356. The Kier molecular flexibility index (Phi) is 3.87. The molecule has 0 aromatic heterocycles. The molecule has 1 aromatic carbocycles. The Morgan fingerprint density at radius 1 is 1.50 bits per heavy atom. The first kappa shape index (κ1) is 11.9. The number of benzene rings is 1. The number of hydrogen-bond donors (Lipinski definition) is 1. The van der Waals surface area contributed by atoms with Gasteiger partial charge in [0, 0.05) is 24.1 Å². The number of anilines is 1. The van der Waals surface area contributed by atoms with E-state index in [1.807, 2.05) is 0 Å². The molecular weight excluding hydrogens is 266 g/mol. The van der Waals surface area contributed by atoms with E-state index in [-0.39, 0.29) is 6.10 Å². The summed E-state index contributed by atoms with van der Waals surface area (Å²) in [6.07, 6.45) is 0.857. The Morgan fingerprint density at radius 3 is 3.00 bits per heavy atom. The summed E-state index contributed by atoms with van der Waals surface area (Å²) in [5.74, 6) is 0.664. The van der Waals surface area contributed by atoms with Crippen LogP contribution in [0.15, 0.2) is 24.3 Å². The van der Waals surface area contributed by atoms with Crippen molar-refractivity contribution in [2.75, 3.05) is 23.3 Å². The molecular formula is C13H18BrNO. The minimum absolute atomic E-state index is 0.293. The lowest BCUT2D eigenvalue weighted by Gasteiger charge is -2.35. The quantitative estimate of drug-likeness (QED) is 0.862. The summed E-state index contributed by atoms with van der Waals surface area (Å²) in [6, 6.07) is 8.51. The average Bonchev–Trinajstić information content (AvgIpc) is 2.28. The lowest BCUT2D eigenvalue weighted by molar-refractivity contribution is 0.203. The first-order chi connectivity index (χ1) is 7.70. The van der Waals surface area contributed by atoms with Crippen LogP contribution >= 0.6 is 15.9 Å². The number of para-hydroxylation sites is 1. The number of hydrogen-bond acceptors (Lipinski definition) is 2. The molecule has 1 aromatic rings. The van der Waals surface area contributed by atoms with Crippen LogP contribution in [0.3, 0.4) is 0 Å². The molecule has 0 saturated heterocycles. The summed E-state index contributed by atoms with van der Waals surface area (Å²) < 4.78 is 0. The van der Waals surface area contributed by atoms with Gasteiger partial charge in [-0.1, -0.05) is 41.1 Å². The van der Waals surface area contributed by atoms with Crippen LogP contribution < -0.4 is 4.90 Å². The fraction of sp³-hybridized carbons (Fsp3) is 0.538. The molecule has 1 heterocycles. The van der Waals surface area contributed by atoms with Gasteiger partial charge >= 0.3 is 0 Å². The van der Waals surface area contributed by atoms with Crippen molar-refractivity contribution in [1.82, 2.24) is 0 Å². The normalized spacial score (nSPS) is 21.7. The van der Waals surface area contributed by atoms with Gasteiger partial charge in [0.15, 0.2) is 0 Å². The molecule has 0 fully saturated rings. The van der Waals surface area contributed by atoms with Crippen molar-refractivity contribution in [1.29, 1.82) is 0 Å². The third-order valence-electron chi connectivity index (χ3n) is 3.04. The summed E-state index contributed by atoms with van der Waals surface area (Å²) in [5.41, 5.74) is 2.70. The lowest BCUT2D eigenvalue weighted by Crippen LogP contribution is -2.40. The smallest absolute Gasteiger partial charge is 0.0811 e. The number of aliphatic hydroxyl groups excluding tert-OH is 1. The Morgan fingerprint density at radius 2 is 2.25 bits per heavy atom. The minimum atomic E-state index is -0.293. The van der Waals surface area contributed by atoms with Crippen molar-refractivity contribution in [3.05, 3.63) is 29.8 Å². The average molecular weight is 284 g/mol. The van der Waals surface area contributed by atoms with E-state index >= 15 is 0 Å². The number of fused-ring (bicyclic) bond motifs is 1. The van der Waals surface area contributed by atoms with Crippen LogP contribution in [0.1, 0.15) is 12.5 Å². The van der Waals surface area contributed by atoms with Crippen LogP contribution in [-0.2, 0) is 6.42 Å². The minimum Gasteiger partial charge on any atom is -0.390 e. The van der Waals surface area contributed by atoms with Crippen LogP contribution in [0.2, 0.25) is 0 Å². The summed E-state index contributed by atoms with van der Waals surface area (Å²) in [4.78, 5) is 2.30. The zero-order valence-corrected chi connectivity index (χ0v) is 11.2. The maximum Gasteiger partial charge on any atom is 0.0811 e. The number of β-amino-alcohol motifs (C(OH)–C–C–N with tert-alkyl or cyclic N) is 1. The third kappa shape index (κ3) is 2.58. The molecule has 0 aliphatic carbocycles. The number of halogens is 1. The van der Waals surface area contributed by atoms with Crippen LogP contribution in [-0.4, -0.2) is 29.6 Å². The summed E-state index contributed by atoms with van der Waals surface area (Å²) in [7, 11) is 0. The highest BCUT2D eigenvalue weighted by molar-refractivity contribution is 9.09. The fourth-order valence-corrected chi connectivity index (χ4v) is 2.59. The van der Waals surface area contributed by atoms with Crippen molar-refractivity contribution < 1.29 is 5.11 Å².